The predicted molar refractivity (Wildman–Crippen MR) is 63.4 cm³/mol. The van der Waals surface area contributed by atoms with Gasteiger partial charge in [0.05, 0.1) is 0 Å². The van der Waals surface area contributed by atoms with Crippen LogP contribution in [0.5, 0.6) is 0 Å². The summed E-state index contributed by atoms with van der Waals surface area (Å²) in [6, 6.07) is 4.17. The lowest BCUT2D eigenvalue weighted by molar-refractivity contribution is 0.657. The van der Waals surface area contributed by atoms with Crippen LogP contribution in [0, 0.1) is 5.41 Å². The topological polar surface area (TPSA) is 66.0 Å². The zero-order valence-corrected chi connectivity index (χ0v) is 9.49. The zero-order chi connectivity index (χ0) is 11.4. The van der Waals surface area contributed by atoms with E-state index < -0.39 is 0 Å². The minimum absolute atomic E-state index is 0.0558. The lowest BCUT2D eigenvalue weighted by Crippen LogP contribution is -2.28. The molecule has 1 aromatic heterocycles. The van der Waals surface area contributed by atoms with Gasteiger partial charge in [0.15, 0.2) is 0 Å². The van der Waals surface area contributed by atoms with Crippen LogP contribution in [0.3, 0.4) is 0 Å². The van der Waals surface area contributed by atoms with Crippen LogP contribution < -0.4 is 10.6 Å². The maximum Gasteiger partial charge on any atom is 0.128 e. The minimum Gasteiger partial charge on any atom is -0.384 e. The van der Waals surface area contributed by atoms with Crippen LogP contribution in [0.4, 0.5) is 5.82 Å². The van der Waals surface area contributed by atoms with Crippen molar-refractivity contribution < 1.29 is 0 Å². The van der Waals surface area contributed by atoms with Crippen LogP contribution in [-0.4, -0.2) is 23.9 Å². The average molecular weight is 206 g/mol. The van der Waals surface area contributed by atoms with Gasteiger partial charge in [-0.2, -0.15) is 0 Å². The second-order valence-corrected chi connectivity index (χ2v) is 3.69. The van der Waals surface area contributed by atoms with Crippen LogP contribution in [0.15, 0.2) is 18.3 Å². The van der Waals surface area contributed by atoms with E-state index in [0.717, 1.165) is 12.2 Å². The van der Waals surface area contributed by atoms with E-state index in [0.29, 0.717) is 11.6 Å². The molecule has 0 saturated carbocycles. The number of nitrogens with one attached hydrogen (secondary N) is 1. The van der Waals surface area contributed by atoms with E-state index in [-0.39, 0.29) is 5.84 Å². The summed E-state index contributed by atoms with van der Waals surface area (Å²) in [5, 5.41) is 7.26. The first-order chi connectivity index (χ1) is 7.06. The molecule has 0 aliphatic rings. The summed E-state index contributed by atoms with van der Waals surface area (Å²) in [6.07, 6.45) is 2.71. The van der Waals surface area contributed by atoms with Gasteiger partial charge < -0.3 is 10.6 Å². The summed E-state index contributed by atoms with van der Waals surface area (Å²) in [4.78, 5) is 6.39. The van der Waals surface area contributed by atoms with Gasteiger partial charge in [-0.15, -0.1) is 0 Å². The van der Waals surface area contributed by atoms with Gasteiger partial charge in [-0.25, -0.2) is 4.98 Å². The molecule has 0 aromatic carbocycles. The molecule has 0 saturated heterocycles. The molecule has 4 heteroatoms. The minimum atomic E-state index is 0.0558. The van der Waals surface area contributed by atoms with Crippen molar-refractivity contribution in [1.82, 2.24) is 4.98 Å². The van der Waals surface area contributed by atoms with E-state index in [1.807, 2.05) is 19.2 Å². The van der Waals surface area contributed by atoms with Crippen LogP contribution >= 0.6 is 0 Å². The first-order valence-corrected chi connectivity index (χ1v) is 5.09. The molecule has 1 atom stereocenters. The standard InChI is InChI=1S/C11H18N4/c1-4-8(2)15(3)10-6-5-9(7-14-10)11(12)13/h5-8H,4H2,1-3H3,(H3,12,13). The smallest absolute Gasteiger partial charge is 0.128 e. The Morgan fingerprint density at radius 3 is 2.67 bits per heavy atom. The summed E-state index contributed by atoms with van der Waals surface area (Å²) >= 11 is 0. The van der Waals surface area contributed by atoms with Crippen LogP contribution in [-0.2, 0) is 0 Å². The molecule has 82 valence electrons. The van der Waals surface area contributed by atoms with Crippen molar-refractivity contribution in [3.63, 3.8) is 0 Å². The monoisotopic (exact) mass is 206 g/mol. The number of nitrogens with two attached hydrogens (primary N) is 1. The van der Waals surface area contributed by atoms with E-state index >= 15 is 0 Å². The summed E-state index contributed by atoms with van der Waals surface area (Å²) < 4.78 is 0. The molecule has 1 heterocycles. The molecule has 1 rings (SSSR count). The summed E-state index contributed by atoms with van der Waals surface area (Å²) in [7, 11) is 2.02. The normalized spacial score (nSPS) is 12.2. The molecule has 15 heavy (non-hydrogen) atoms. The summed E-state index contributed by atoms with van der Waals surface area (Å²) in [6.45, 7) is 4.30. The van der Waals surface area contributed by atoms with Crippen molar-refractivity contribution in [3.05, 3.63) is 23.9 Å². The third-order valence-electron chi connectivity index (χ3n) is 2.67. The van der Waals surface area contributed by atoms with Crippen molar-refractivity contribution in [2.75, 3.05) is 11.9 Å². The molecule has 1 aromatic rings. The Labute approximate surface area is 90.6 Å². The van der Waals surface area contributed by atoms with Gasteiger partial charge in [0, 0.05) is 24.8 Å². The number of hydrogen-bond donors (Lipinski definition) is 2. The third kappa shape index (κ3) is 2.68. The van der Waals surface area contributed by atoms with Crippen molar-refractivity contribution in [3.8, 4) is 0 Å². The summed E-state index contributed by atoms with van der Waals surface area (Å²) in [5.41, 5.74) is 6.02. The Morgan fingerprint density at radius 2 is 2.27 bits per heavy atom. The maximum atomic E-state index is 7.26. The first-order valence-electron chi connectivity index (χ1n) is 5.09. The molecule has 0 aliphatic carbocycles. The number of nitrogen functional groups attached to an aromatic ring is 1. The van der Waals surface area contributed by atoms with Gasteiger partial charge in [0.1, 0.15) is 11.7 Å². The Morgan fingerprint density at radius 1 is 1.60 bits per heavy atom. The van der Waals surface area contributed by atoms with Crippen molar-refractivity contribution >= 4 is 11.7 Å². The van der Waals surface area contributed by atoms with Crippen molar-refractivity contribution in [2.24, 2.45) is 5.73 Å². The average Bonchev–Trinajstić information content (AvgIpc) is 2.27. The Balaban J connectivity index is 2.84. The Kier molecular flexibility index (Phi) is 3.66. The highest BCUT2D eigenvalue weighted by Crippen LogP contribution is 2.13. The van der Waals surface area contributed by atoms with Gasteiger partial charge in [-0.05, 0) is 25.5 Å². The fourth-order valence-corrected chi connectivity index (χ4v) is 1.25. The lowest BCUT2D eigenvalue weighted by atomic mass is 10.2. The summed E-state index contributed by atoms with van der Waals surface area (Å²) in [5.74, 6) is 0.967. The second kappa shape index (κ2) is 4.77. The van der Waals surface area contributed by atoms with E-state index in [1.54, 1.807) is 6.20 Å². The molecular formula is C11H18N4. The Hall–Kier alpha value is -1.58. The molecule has 4 nitrogen and oxygen atoms in total. The number of nitrogens with zero attached hydrogens (tertiary/aromatic N) is 2. The third-order valence-corrected chi connectivity index (χ3v) is 2.67. The quantitative estimate of drug-likeness (QED) is 0.581. The van der Waals surface area contributed by atoms with Gasteiger partial charge in [0.25, 0.3) is 0 Å². The molecule has 0 fully saturated rings. The molecule has 1 unspecified atom stereocenters. The van der Waals surface area contributed by atoms with Crippen LogP contribution in [0.25, 0.3) is 0 Å². The van der Waals surface area contributed by atoms with Crippen molar-refractivity contribution in [2.45, 2.75) is 26.3 Å². The van der Waals surface area contributed by atoms with E-state index in [2.05, 4.69) is 23.7 Å². The second-order valence-electron chi connectivity index (χ2n) is 3.69. The lowest BCUT2D eigenvalue weighted by Gasteiger charge is -2.24. The van der Waals surface area contributed by atoms with Crippen LogP contribution in [0.2, 0.25) is 0 Å². The van der Waals surface area contributed by atoms with Gasteiger partial charge in [0.2, 0.25) is 0 Å². The molecule has 0 aliphatic heterocycles. The van der Waals surface area contributed by atoms with E-state index in [4.69, 9.17) is 11.1 Å². The first kappa shape index (κ1) is 11.5. The molecule has 0 bridgehead atoms. The Bertz CT molecular complexity index is 331. The van der Waals surface area contributed by atoms with Gasteiger partial charge in [-0.3, -0.25) is 5.41 Å². The van der Waals surface area contributed by atoms with Crippen LogP contribution in [0.1, 0.15) is 25.8 Å². The highest BCUT2D eigenvalue weighted by molar-refractivity contribution is 5.94. The highest BCUT2D eigenvalue weighted by atomic mass is 15.2. The molecule has 0 radical (unpaired) electrons. The predicted octanol–water partition coefficient (Wildman–Crippen LogP) is 1.60. The SMILES string of the molecule is CCC(C)N(C)c1ccc(C(=N)N)cn1. The van der Waals surface area contributed by atoms with Crippen molar-refractivity contribution in [1.29, 1.82) is 5.41 Å². The molecule has 0 amide bonds. The molecule has 0 spiro atoms. The number of rotatable bonds is 4. The molecular weight excluding hydrogens is 188 g/mol. The number of anilines is 1. The van der Waals surface area contributed by atoms with E-state index in [9.17, 15) is 0 Å². The number of aromatic nitrogens is 1. The highest BCUT2D eigenvalue weighted by Gasteiger charge is 2.08. The largest absolute Gasteiger partial charge is 0.384 e. The fourth-order valence-electron chi connectivity index (χ4n) is 1.25. The number of amidine groups is 1. The molecule has 3 N–H and O–H groups in total. The maximum absolute atomic E-state index is 7.26. The number of pyridine rings is 1. The zero-order valence-electron chi connectivity index (χ0n) is 9.49. The number of hydrogen-bond acceptors (Lipinski definition) is 3. The fraction of sp³-hybridized carbons (Fsp3) is 0.455. The van der Waals surface area contributed by atoms with E-state index in [1.165, 1.54) is 0 Å². The van der Waals surface area contributed by atoms with Gasteiger partial charge in [-0.1, -0.05) is 6.92 Å². The van der Waals surface area contributed by atoms with Gasteiger partial charge >= 0.3 is 0 Å².